The van der Waals surface area contributed by atoms with Gasteiger partial charge in [0.2, 0.25) is 18.3 Å². The second-order valence-electron chi connectivity index (χ2n) is 14.2. The summed E-state index contributed by atoms with van der Waals surface area (Å²) in [6, 6.07) is 0. The van der Waals surface area contributed by atoms with E-state index in [-0.39, 0.29) is 61.8 Å². The van der Waals surface area contributed by atoms with Gasteiger partial charge in [-0.25, -0.2) is 26.3 Å². The molecule has 0 spiro atoms. The number of esters is 5. The van der Waals surface area contributed by atoms with Gasteiger partial charge in [0.1, 0.15) is 0 Å². The monoisotopic (exact) mass is 897 g/mol. The van der Waals surface area contributed by atoms with E-state index < -0.39 is 74.2 Å². The van der Waals surface area contributed by atoms with Crippen molar-refractivity contribution < 1.29 is 87.2 Å². The van der Waals surface area contributed by atoms with Crippen molar-refractivity contribution in [2.45, 2.75) is 172 Å². The molecular weight excluding hydrogens is 823 g/mol. The van der Waals surface area contributed by atoms with Crippen molar-refractivity contribution in [1.82, 2.24) is 0 Å². The summed E-state index contributed by atoms with van der Waals surface area (Å²) in [5.41, 5.74) is 0. The number of ether oxygens (including phenoxy) is 5. The Morgan fingerprint density at radius 3 is 0.850 bits per heavy atom. The molecule has 0 aromatic carbocycles. The van der Waals surface area contributed by atoms with Gasteiger partial charge in [-0.3, -0.25) is 24.0 Å². The number of halogens is 9. The van der Waals surface area contributed by atoms with Gasteiger partial charge in [0, 0.05) is 19.3 Å². The largest absolute Gasteiger partial charge is 0.466 e. The lowest BCUT2D eigenvalue weighted by atomic mass is 10.1. The van der Waals surface area contributed by atoms with Gasteiger partial charge in [-0.15, -0.1) is 0 Å². The molecule has 0 saturated heterocycles. The molecule has 19 heteroatoms. The molecule has 0 heterocycles. The lowest BCUT2D eigenvalue weighted by molar-refractivity contribution is -0.162. The van der Waals surface area contributed by atoms with Crippen molar-refractivity contribution in [2.24, 2.45) is 29.6 Å². The van der Waals surface area contributed by atoms with E-state index in [9.17, 15) is 63.5 Å². The third-order valence-corrected chi connectivity index (χ3v) is 8.14. The molecule has 0 aliphatic heterocycles. The normalized spacial score (nSPS) is 13.6. The van der Waals surface area contributed by atoms with E-state index in [0.29, 0.717) is 32.3 Å². The van der Waals surface area contributed by atoms with Crippen molar-refractivity contribution in [3.8, 4) is 0 Å². The molecule has 5 unspecified atom stereocenters. The highest BCUT2D eigenvalue weighted by molar-refractivity contribution is 5.73. The summed E-state index contributed by atoms with van der Waals surface area (Å²) < 4.78 is 130. The number of alkyl halides is 9. The molecule has 0 aromatic rings. The first-order valence-electron chi connectivity index (χ1n) is 20.3. The Labute approximate surface area is 351 Å². The average molecular weight is 897 g/mol. The van der Waals surface area contributed by atoms with Crippen molar-refractivity contribution in [1.29, 1.82) is 0 Å². The highest BCUT2D eigenvalue weighted by Gasteiger charge is 2.28. The Balaban J connectivity index is -0.000000211. The first-order chi connectivity index (χ1) is 27.4. The van der Waals surface area contributed by atoms with Gasteiger partial charge in [-0.2, -0.15) is 13.2 Å². The van der Waals surface area contributed by atoms with Gasteiger partial charge in [0.25, 0.3) is 0 Å². The van der Waals surface area contributed by atoms with Gasteiger partial charge in [0.15, 0.2) is 0 Å². The predicted molar refractivity (Wildman–Crippen MR) is 210 cm³/mol. The van der Waals surface area contributed by atoms with Crippen LogP contribution in [0.4, 0.5) is 39.5 Å². The number of carbonyl (C=O) groups excluding carboxylic acids is 5. The maximum atomic E-state index is 12.3. The third-order valence-electron chi connectivity index (χ3n) is 8.14. The molecule has 0 saturated carbocycles. The summed E-state index contributed by atoms with van der Waals surface area (Å²) in [6.45, 7) is 20.7. The molecule has 0 amide bonds. The minimum Gasteiger partial charge on any atom is -0.466 e. The second kappa shape index (κ2) is 37.5. The fraction of sp³-hybridized carbons (Fsp3) is 0.878. The van der Waals surface area contributed by atoms with Crippen LogP contribution >= 0.6 is 0 Å². The van der Waals surface area contributed by atoms with Crippen LogP contribution < -0.4 is 0 Å². The molecular formula is C41H73F9O10. The zero-order chi connectivity index (χ0) is 48.3. The standard InChI is InChI=1S/2C9H16F2O2.C8H13F3O2.C8H14F2O2.C7H14O2/c2*1-4-7(2)8(12)13-6-5-9(3,10)11;1-3-6(2)7(12)13-5-4-8(9,10)11;1-3-6(2)8(11)12-5-4-7(9)10;1-4-6(3)7(8)9-5-2/h2*7H,4-6H2,1-3H3;6H,3-5H2,1-2H3;6-7H,3-5H2,1-2H3;6H,4-5H2,1-3H3. The summed E-state index contributed by atoms with van der Waals surface area (Å²) >= 11 is 0. The number of hydrogen-bond acceptors (Lipinski definition) is 10. The number of carbonyl (C=O) groups is 5. The molecule has 0 bridgehead atoms. The minimum absolute atomic E-state index is 0.0601. The van der Waals surface area contributed by atoms with Crippen LogP contribution in [0, 0.1) is 29.6 Å². The maximum Gasteiger partial charge on any atom is 0.392 e. The summed E-state index contributed by atoms with van der Waals surface area (Å²) in [5.74, 6) is -8.20. The van der Waals surface area contributed by atoms with Crippen LogP contribution in [0.25, 0.3) is 0 Å². The summed E-state index contributed by atoms with van der Waals surface area (Å²) in [5, 5.41) is 0. The van der Waals surface area contributed by atoms with E-state index in [1.165, 1.54) is 0 Å². The summed E-state index contributed by atoms with van der Waals surface area (Å²) in [6.07, 6.45) is -5.47. The van der Waals surface area contributed by atoms with Crippen LogP contribution in [0.2, 0.25) is 0 Å². The second-order valence-corrected chi connectivity index (χ2v) is 14.2. The topological polar surface area (TPSA) is 132 Å². The maximum absolute atomic E-state index is 12.3. The van der Waals surface area contributed by atoms with Gasteiger partial charge in [-0.05, 0) is 52.9 Å². The molecule has 0 aromatic heterocycles. The first kappa shape index (κ1) is 65.8. The number of hydrogen-bond donors (Lipinski definition) is 0. The number of rotatable bonds is 22. The summed E-state index contributed by atoms with van der Waals surface area (Å²) in [7, 11) is 0. The van der Waals surface area contributed by atoms with Gasteiger partial charge in [-0.1, -0.05) is 69.2 Å². The van der Waals surface area contributed by atoms with E-state index in [1.54, 1.807) is 34.6 Å². The van der Waals surface area contributed by atoms with Crippen LogP contribution in [-0.4, -0.2) is 87.3 Å². The minimum atomic E-state index is -4.25. The average Bonchev–Trinajstić information content (AvgIpc) is 3.15. The SMILES string of the molecule is CCC(C)C(=O)OCCC(C)(F)F.CCC(C)C(=O)OCCC(C)(F)F.CCC(C)C(=O)OCCC(F)(F)F.CCC(C)C(=O)OCCC(F)F.CCOC(=O)C(C)CC. The van der Waals surface area contributed by atoms with E-state index >= 15 is 0 Å². The Morgan fingerprint density at radius 1 is 0.417 bits per heavy atom. The van der Waals surface area contributed by atoms with Crippen molar-refractivity contribution in [3.05, 3.63) is 0 Å². The molecule has 10 nitrogen and oxygen atoms in total. The van der Waals surface area contributed by atoms with Crippen molar-refractivity contribution in [3.63, 3.8) is 0 Å². The lowest BCUT2D eigenvalue weighted by Gasteiger charge is -2.12. The van der Waals surface area contributed by atoms with Gasteiger partial charge < -0.3 is 23.7 Å². The Morgan fingerprint density at radius 2 is 0.650 bits per heavy atom. The summed E-state index contributed by atoms with van der Waals surface area (Å²) in [4.78, 5) is 54.5. The molecule has 0 N–H and O–H groups in total. The Bertz CT molecular complexity index is 1020. The quantitative estimate of drug-likeness (QED) is 0.0588. The smallest absolute Gasteiger partial charge is 0.392 e. The third kappa shape index (κ3) is 49.1. The van der Waals surface area contributed by atoms with Crippen LogP contribution in [0.1, 0.15) is 148 Å². The van der Waals surface area contributed by atoms with Crippen molar-refractivity contribution in [2.75, 3.05) is 33.0 Å². The zero-order valence-electron chi connectivity index (χ0n) is 37.8. The van der Waals surface area contributed by atoms with Crippen LogP contribution in [0.3, 0.4) is 0 Å². The highest BCUT2D eigenvalue weighted by Crippen LogP contribution is 2.20. The van der Waals surface area contributed by atoms with Crippen LogP contribution in [0.5, 0.6) is 0 Å². The van der Waals surface area contributed by atoms with E-state index in [0.717, 1.165) is 20.3 Å². The molecule has 0 aliphatic rings. The molecule has 0 radical (unpaired) electrons. The van der Waals surface area contributed by atoms with Crippen molar-refractivity contribution >= 4 is 29.8 Å². The van der Waals surface area contributed by atoms with Crippen LogP contribution in [-0.2, 0) is 47.7 Å². The highest BCUT2D eigenvalue weighted by atomic mass is 19.4. The molecule has 0 rings (SSSR count). The zero-order valence-corrected chi connectivity index (χ0v) is 37.8. The Hall–Kier alpha value is -3.28. The lowest BCUT2D eigenvalue weighted by Crippen LogP contribution is -2.19. The fourth-order valence-electron chi connectivity index (χ4n) is 2.86. The molecule has 360 valence electrons. The van der Waals surface area contributed by atoms with Gasteiger partial charge >= 0.3 is 36.0 Å². The molecule has 0 aliphatic carbocycles. The van der Waals surface area contributed by atoms with E-state index in [2.05, 4.69) is 18.9 Å². The molecule has 60 heavy (non-hydrogen) atoms. The van der Waals surface area contributed by atoms with E-state index in [4.69, 9.17) is 4.74 Å². The first-order valence-corrected chi connectivity index (χ1v) is 20.3. The van der Waals surface area contributed by atoms with Gasteiger partial charge in [0.05, 0.1) is 69.0 Å². The molecule has 5 atom stereocenters. The van der Waals surface area contributed by atoms with E-state index in [1.807, 2.05) is 41.5 Å². The predicted octanol–water partition coefficient (Wildman–Crippen LogP) is 11.6. The van der Waals surface area contributed by atoms with Crippen LogP contribution in [0.15, 0.2) is 0 Å². The Kier molecular flexibility index (Phi) is 41.1. The fourth-order valence-corrected chi connectivity index (χ4v) is 2.86. The molecule has 0 fully saturated rings.